The van der Waals surface area contributed by atoms with Crippen LogP contribution in [-0.2, 0) is 22.5 Å². The number of esters is 1. The Morgan fingerprint density at radius 1 is 1.00 bits per heavy atom. The number of benzene rings is 2. The maximum atomic E-state index is 12.8. The van der Waals surface area contributed by atoms with Gasteiger partial charge in [0.15, 0.2) is 0 Å². The van der Waals surface area contributed by atoms with E-state index in [1.165, 1.54) is 16.7 Å². The number of halogens is 1. The van der Waals surface area contributed by atoms with Gasteiger partial charge in [-0.2, -0.15) is 0 Å². The lowest BCUT2D eigenvalue weighted by Crippen LogP contribution is -2.60. The summed E-state index contributed by atoms with van der Waals surface area (Å²) in [6, 6.07) is 21.9. The van der Waals surface area contributed by atoms with Crippen molar-refractivity contribution < 1.29 is 9.53 Å². The lowest BCUT2D eigenvalue weighted by Gasteiger charge is -2.53. The molecule has 2 heterocycles. The Bertz CT molecular complexity index is 852. The van der Waals surface area contributed by atoms with Gasteiger partial charge in [-0.05, 0) is 43.2 Å². The molecule has 0 N–H and O–H groups in total. The van der Waals surface area contributed by atoms with Crippen molar-refractivity contribution in [2.24, 2.45) is 11.8 Å². The van der Waals surface area contributed by atoms with E-state index < -0.39 is 0 Å². The van der Waals surface area contributed by atoms with E-state index in [4.69, 9.17) is 4.74 Å². The summed E-state index contributed by atoms with van der Waals surface area (Å²) in [4.78, 5) is 15.3. The van der Waals surface area contributed by atoms with Crippen LogP contribution in [0.3, 0.4) is 0 Å². The van der Waals surface area contributed by atoms with Crippen molar-refractivity contribution in [3.63, 3.8) is 0 Å². The molecule has 160 valence electrons. The lowest BCUT2D eigenvalue weighted by atomic mass is 9.67. The van der Waals surface area contributed by atoms with E-state index in [-0.39, 0.29) is 30.3 Å². The fraction of sp³-hybridized carbons (Fsp3) is 0.423. The second-order valence-corrected chi connectivity index (χ2v) is 8.20. The molecule has 3 nitrogen and oxygen atoms in total. The monoisotopic (exact) mass is 425 g/mol. The largest absolute Gasteiger partial charge is 0.466 e. The first-order valence-electron chi connectivity index (χ1n) is 10.9. The van der Waals surface area contributed by atoms with Gasteiger partial charge in [0.05, 0.1) is 12.5 Å². The van der Waals surface area contributed by atoms with Gasteiger partial charge in [-0.1, -0.05) is 79.2 Å². The van der Waals surface area contributed by atoms with Crippen LogP contribution in [0.15, 0.2) is 72.3 Å². The number of carbonyl (C=O) groups excluding carboxylic acids is 1. The van der Waals surface area contributed by atoms with Gasteiger partial charge in [0.25, 0.3) is 0 Å². The molecular weight excluding hydrogens is 394 g/mol. The molecule has 0 aromatic heterocycles. The van der Waals surface area contributed by atoms with Crippen molar-refractivity contribution in [3.8, 4) is 0 Å². The fourth-order valence-electron chi connectivity index (χ4n) is 5.20. The molecule has 2 aliphatic heterocycles. The SMILES string of the molecule is CCOC(=O)C1CC2C(CC)=CC1N(Cc1ccccc1)C2Cc1ccccc1.Cl. The highest BCUT2D eigenvalue weighted by atomic mass is 35.5. The van der Waals surface area contributed by atoms with Crippen molar-refractivity contribution in [1.82, 2.24) is 4.90 Å². The van der Waals surface area contributed by atoms with Gasteiger partial charge in [-0.3, -0.25) is 9.69 Å². The number of piperidine rings is 1. The van der Waals surface area contributed by atoms with Crippen molar-refractivity contribution >= 4 is 18.4 Å². The zero-order valence-electron chi connectivity index (χ0n) is 17.9. The van der Waals surface area contributed by atoms with E-state index >= 15 is 0 Å². The van der Waals surface area contributed by atoms with Crippen LogP contribution < -0.4 is 0 Å². The average Bonchev–Trinajstić information content (AvgIpc) is 2.76. The minimum absolute atomic E-state index is 0. The third-order valence-corrected chi connectivity index (χ3v) is 6.55. The Hall–Kier alpha value is -2.10. The van der Waals surface area contributed by atoms with Crippen molar-refractivity contribution in [3.05, 3.63) is 83.4 Å². The molecule has 1 aliphatic carbocycles. The molecule has 0 amide bonds. The minimum atomic E-state index is -0.0639. The number of hydrogen-bond donors (Lipinski definition) is 0. The molecule has 2 bridgehead atoms. The van der Waals surface area contributed by atoms with E-state index in [1.807, 2.05) is 6.92 Å². The van der Waals surface area contributed by atoms with Crippen LogP contribution in [0.25, 0.3) is 0 Å². The first-order valence-corrected chi connectivity index (χ1v) is 10.9. The first-order chi connectivity index (χ1) is 14.2. The third kappa shape index (κ3) is 4.63. The Balaban J connectivity index is 0.00000256. The summed E-state index contributed by atoms with van der Waals surface area (Å²) >= 11 is 0. The number of carbonyl (C=O) groups is 1. The van der Waals surface area contributed by atoms with Crippen LogP contribution in [0, 0.1) is 11.8 Å². The highest BCUT2D eigenvalue weighted by molar-refractivity contribution is 5.85. The third-order valence-electron chi connectivity index (χ3n) is 6.55. The summed E-state index contributed by atoms with van der Waals surface area (Å²) in [6.07, 6.45) is 5.36. The van der Waals surface area contributed by atoms with Crippen LogP contribution in [-0.4, -0.2) is 29.6 Å². The van der Waals surface area contributed by atoms with E-state index in [2.05, 4.69) is 78.6 Å². The normalized spacial score (nSPS) is 25.3. The van der Waals surface area contributed by atoms with Crippen LogP contribution in [0.2, 0.25) is 0 Å². The van der Waals surface area contributed by atoms with Crippen LogP contribution in [0.5, 0.6) is 0 Å². The fourth-order valence-corrected chi connectivity index (χ4v) is 5.20. The molecule has 2 aromatic rings. The molecule has 0 radical (unpaired) electrons. The second-order valence-electron chi connectivity index (χ2n) is 8.20. The van der Waals surface area contributed by atoms with Gasteiger partial charge in [0.1, 0.15) is 0 Å². The molecule has 4 heteroatoms. The zero-order chi connectivity index (χ0) is 20.2. The average molecular weight is 426 g/mol. The van der Waals surface area contributed by atoms with Gasteiger partial charge in [-0.15, -0.1) is 12.4 Å². The van der Waals surface area contributed by atoms with Crippen molar-refractivity contribution in [1.29, 1.82) is 0 Å². The van der Waals surface area contributed by atoms with Crippen LogP contribution in [0.4, 0.5) is 0 Å². The predicted molar refractivity (Wildman–Crippen MR) is 124 cm³/mol. The Morgan fingerprint density at radius 2 is 1.63 bits per heavy atom. The van der Waals surface area contributed by atoms with E-state index in [9.17, 15) is 4.79 Å². The second kappa shape index (κ2) is 10.3. The molecule has 30 heavy (non-hydrogen) atoms. The summed E-state index contributed by atoms with van der Waals surface area (Å²) in [5, 5.41) is 0. The quantitative estimate of drug-likeness (QED) is 0.437. The summed E-state index contributed by atoms with van der Waals surface area (Å²) < 4.78 is 5.46. The molecule has 3 aliphatic rings. The van der Waals surface area contributed by atoms with E-state index in [1.54, 1.807) is 0 Å². The van der Waals surface area contributed by atoms with E-state index in [0.717, 1.165) is 25.8 Å². The van der Waals surface area contributed by atoms with Crippen LogP contribution >= 0.6 is 12.4 Å². The molecule has 4 atom stereocenters. The maximum absolute atomic E-state index is 12.8. The van der Waals surface area contributed by atoms with E-state index in [0.29, 0.717) is 18.6 Å². The number of hydrogen-bond acceptors (Lipinski definition) is 3. The molecule has 0 saturated carbocycles. The highest BCUT2D eigenvalue weighted by Gasteiger charge is 2.49. The number of rotatable bonds is 7. The molecular formula is C26H32ClNO2. The molecule has 1 fully saturated rings. The maximum Gasteiger partial charge on any atom is 0.310 e. The summed E-state index contributed by atoms with van der Waals surface area (Å²) in [5.74, 6) is 0.305. The Morgan fingerprint density at radius 3 is 2.23 bits per heavy atom. The summed E-state index contributed by atoms with van der Waals surface area (Å²) in [6.45, 7) is 5.45. The number of ether oxygens (including phenoxy) is 1. The number of fused-ring (bicyclic) bond motifs is 2. The van der Waals surface area contributed by atoms with Gasteiger partial charge < -0.3 is 4.74 Å². The van der Waals surface area contributed by atoms with Crippen molar-refractivity contribution in [2.45, 2.75) is 51.7 Å². The standard InChI is InChI=1S/C26H31NO2.ClH/c1-3-21-16-25-23(26(28)29-4-2)17-22(21)24(15-19-11-7-5-8-12-19)27(25)18-20-13-9-6-10-14-20;/h5-14,16,22-25H,3-4,15,17-18H2,1-2H3;1H. The molecule has 0 spiro atoms. The zero-order valence-corrected chi connectivity index (χ0v) is 18.7. The van der Waals surface area contributed by atoms with Gasteiger partial charge in [0.2, 0.25) is 0 Å². The topological polar surface area (TPSA) is 29.5 Å². The minimum Gasteiger partial charge on any atom is -0.466 e. The molecule has 5 rings (SSSR count). The van der Waals surface area contributed by atoms with Gasteiger partial charge in [0, 0.05) is 18.6 Å². The van der Waals surface area contributed by atoms with Gasteiger partial charge in [-0.25, -0.2) is 0 Å². The molecule has 1 saturated heterocycles. The number of nitrogens with zero attached hydrogens (tertiary/aromatic N) is 1. The predicted octanol–water partition coefficient (Wildman–Crippen LogP) is 5.44. The first kappa shape index (κ1) is 22.6. The van der Waals surface area contributed by atoms with Gasteiger partial charge >= 0.3 is 5.97 Å². The van der Waals surface area contributed by atoms with Crippen LogP contribution in [0.1, 0.15) is 37.8 Å². The van der Waals surface area contributed by atoms with Crippen molar-refractivity contribution in [2.75, 3.05) is 6.61 Å². The Labute approximate surface area is 186 Å². The summed E-state index contributed by atoms with van der Waals surface area (Å²) in [7, 11) is 0. The summed E-state index contributed by atoms with van der Waals surface area (Å²) in [5.41, 5.74) is 4.18. The molecule has 2 aromatic carbocycles. The molecule has 4 unspecified atom stereocenters. The highest BCUT2D eigenvalue weighted by Crippen LogP contribution is 2.45. The lowest BCUT2D eigenvalue weighted by molar-refractivity contribution is -0.154. The Kier molecular flexibility index (Phi) is 7.74. The smallest absolute Gasteiger partial charge is 0.310 e.